The summed E-state index contributed by atoms with van der Waals surface area (Å²) in [7, 11) is 7.19. The topological polar surface area (TPSA) is 267 Å². The third-order valence-corrected chi connectivity index (χ3v) is 13.4. The first kappa shape index (κ1) is 67.9. The van der Waals surface area contributed by atoms with Crippen molar-refractivity contribution < 1.29 is 54.8 Å². The maximum atomic E-state index is 14.5. The largest absolute Gasteiger partial charge is 0.480 e. The van der Waals surface area contributed by atoms with Crippen molar-refractivity contribution in [3.05, 3.63) is 12.2 Å². The Balaban J connectivity index is 6.64. The lowest BCUT2D eigenvalue weighted by Gasteiger charge is -2.39. The van der Waals surface area contributed by atoms with E-state index in [4.69, 9.17) is 1.41 Å². The van der Waals surface area contributed by atoms with Gasteiger partial charge in [-0.1, -0.05) is 102 Å². The van der Waals surface area contributed by atoms with Crippen LogP contribution in [0.2, 0.25) is 1.41 Å². The molecule has 0 fully saturated rings. The molecule has 0 bridgehead atoms. The van der Waals surface area contributed by atoms with Crippen molar-refractivity contribution in [2.75, 3.05) is 35.2 Å². The molecular weight excluding hydrogens is 963 g/mol. The Morgan fingerprint density at radius 3 is 1.31 bits per heavy atom. The molecule has 11 atom stereocenters. The van der Waals surface area contributed by atoms with Crippen LogP contribution >= 0.6 is 0 Å². The van der Waals surface area contributed by atoms with E-state index < -0.39 is 120 Å². The predicted octanol–water partition coefficient (Wildman–Crippen LogP) is 3.80. The van der Waals surface area contributed by atoms with Crippen LogP contribution in [0.15, 0.2) is 12.2 Å². The molecule has 0 unspecified atom stereocenters. The van der Waals surface area contributed by atoms with Crippen LogP contribution in [-0.2, 0) is 43.2 Å². The van der Waals surface area contributed by atoms with E-state index in [2.05, 4.69) is 21.3 Å². The standard InChI is InChI=1S/C55H101N9O11/c1-22-23-24-36(14)46(65)45(55(74)75)64(21)54(73)44(35(12)13)63(20)53(72)41(27-32(6)7)60-50(69)43(29-34(10)11)61(18)51(70)38(16)58-47(66)37(15)57-49(68)42(28-33(8)9)62(19)52(71)40(26-31(4)5)59-48(67)39(56-17)25-30(2)3/h22-23,30-46,56,65H,24-29H2,1-21H3,(H,57,68)(H,58,66)(H,59,67)(H,60,69)(H,74,75)/b23-22+/t36-,37+,38+,39+,40+,41+,42+,43+,44+,45+,46-/m1/s1/i/hD. The molecule has 0 saturated heterocycles. The van der Waals surface area contributed by atoms with Crippen molar-refractivity contribution in [3.8, 4) is 0 Å². The molecule has 0 saturated carbocycles. The molecule has 8 amide bonds. The molecule has 0 rings (SSSR count). The van der Waals surface area contributed by atoms with E-state index in [1.54, 1.807) is 46.9 Å². The molecule has 0 heterocycles. The summed E-state index contributed by atoms with van der Waals surface area (Å²) in [6.45, 7) is 28.5. The second-order valence-corrected chi connectivity index (χ2v) is 23.1. The fourth-order valence-electron chi connectivity index (χ4n) is 9.07. The highest BCUT2D eigenvalue weighted by Gasteiger charge is 2.43. The first-order valence-corrected chi connectivity index (χ1v) is 27.0. The van der Waals surface area contributed by atoms with Gasteiger partial charge in [-0.2, -0.15) is 0 Å². The van der Waals surface area contributed by atoms with Gasteiger partial charge in [-0.25, -0.2) is 4.79 Å². The average molecular weight is 1070 g/mol. The number of nitrogens with zero attached hydrogens (tertiary/aromatic N) is 4. The number of likely N-dealkylation sites (N-methyl/N-ethyl adjacent to an activating group) is 5. The summed E-state index contributed by atoms with van der Waals surface area (Å²) in [6, 6.07) is -10.6. The Kier molecular flexibility index (Phi) is 30.0. The number of amides is 8. The van der Waals surface area contributed by atoms with Gasteiger partial charge in [-0.05, 0) is 108 Å². The molecule has 432 valence electrons. The number of rotatable bonds is 33. The Morgan fingerprint density at radius 1 is 0.493 bits per heavy atom. The molecule has 20 heteroatoms. The number of carboxylic acid groups (broad SMARTS) is 1. The number of aliphatic hydroxyl groups is 1. The third kappa shape index (κ3) is 22.6. The zero-order valence-electron chi connectivity index (χ0n) is 50.5. The van der Waals surface area contributed by atoms with Crippen LogP contribution < -0.4 is 26.6 Å². The number of nitrogens with one attached hydrogen (secondary N) is 5. The zero-order valence-corrected chi connectivity index (χ0v) is 49.5. The van der Waals surface area contributed by atoms with Gasteiger partial charge in [0.25, 0.3) is 0 Å². The van der Waals surface area contributed by atoms with Gasteiger partial charge in [0.15, 0.2) is 7.45 Å². The van der Waals surface area contributed by atoms with Gasteiger partial charge in [0.2, 0.25) is 47.3 Å². The van der Waals surface area contributed by atoms with E-state index in [0.717, 1.165) is 4.90 Å². The molecule has 0 aliphatic heterocycles. The maximum Gasteiger partial charge on any atom is 0.329 e. The molecule has 0 spiro atoms. The van der Waals surface area contributed by atoms with Crippen LogP contribution in [0.3, 0.4) is 0 Å². The third-order valence-electron chi connectivity index (χ3n) is 13.4. The van der Waals surface area contributed by atoms with E-state index in [1.165, 1.54) is 56.7 Å². The molecule has 0 aromatic carbocycles. The normalized spacial score (nSPS) is 16.5. The summed E-state index contributed by atoms with van der Waals surface area (Å²) in [5.41, 5.74) is 0. The second kappa shape index (κ2) is 33.1. The molecule has 0 aliphatic rings. The summed E-state index contributed by atoms with van der Waals surface area (Å²) in [5.74, 6) is -7.98. The number of carboxylic acids is 1. The molecule has 75 heavy (non-hydrogen) atoms. The molecular formula is C55H101N9O11. The monoisotopic (exact) mass is 1060 g/mol. The lowest BCUT2D eigenvalue weighted by molar-refractivity contribution is -0.160. The van der Waals surface area contributed by atoms with Crippen LogP contribution in [0.5, 0.6) is 0 Å². The number of hydrogen-bond acceptors (Lipinski definition) is 11. The minimum Gasteiger partial charge on any atom is -0.480 e. The fraction of sp³-hybridized carbons (Fsp3) is 0.800. The van der Waals surface area contributed by atoms with Gasteiger partial charge < -0.3 is 56.4 Å². The van der Waals surface area contributed by atoms with E-state index in [-0.39, 0.29) is 61.2 Å². The number of carbonyl (C=O) groups is 9. The summed E-state index contributed by atoms with van der Waals surface area (Å²) in [6.07, 6.45) is 3.74. The Labute approximate surface area is 451 Å². The van der Waals surface area contributed by atoms with Gasteiger partial charge in [0.05, 0.1) is 12.1 Å². The summed E-state index contributed by atoms with van der Waals surface area (Å²) >= 11 is 0. The van der Waals surface area contributed by atoms with Gasteiger partial charge in [0, 0.05) is 28.2 Å². The lowest BCUT2D eigenvalue weighted by atomic mass is 9.92. The van der Waals surface area contributed by atoms with E-state index >= 15 is 0 Å². The molecule has 20 nitrogen and oxygen atoms in total. The van der Waals surface area contributed by atoms with Crippen LogP contribution in [0.4, 0.5) is 0 Å². The first-order chi connectivity index (χ1) is 35.0. The SMILES string of the molecule is [2H]N(C(=O)[C@H](CC(C)C)N(C)C(=O)[C@H](CC(C)C)NC(=O)[C@H](CC(C)C)NC)[C@@H](C)C(=O)N[C@@H](C)C(=O)N(C)[C@@H](CC(C)C)C(=O)N[C@@H](CC(C)C)C(=O)N(C)[C@H](C(=O)N(C)[C@H](C(=O)O)[C@H](O)[C@H](C)C/C=C/C)C(C)C. The fourth-order valence-corrected chi connectivity index (χ4v) is 9.07. The van der Waals surface area contributed by atoms with Crippen molar-refractivity contribution in [1.82, 2.24) is 46.2 Å². The number of hydrogen-bond donors (Lipinski definition) is 7. The molecule has 0 aromatic rings. The highest BCUT2D eigenvalue weighted by molar-refractivity contribution is 5.98. The Morgan fingerprint density at radius 2 is 0.893 bits per heavy atom. The van der Waals surface area contributed by atoms with Gasteiger partial charge in [-0.15, -0.1) is 0 Å². The number of carbonyl (C=O) groups excluding carboxylic acids is 8. The highest BCUT2D eigenvalue weighted by Crippen LogP contribution is 2.23. The van der Waals surface area contributed by atoms with Gasteiger partial charge in [0.1, 0.15) is 42.3 Å². The quantitative estimate of drug-likeness (QED) is 0.0463. The number of aliphatic carboxylic acids is 1. The minimum absolute atomic E-state index is 0.00471. The van der Waals surface area contributed by atoms with Gasteiger partial charge >= 0.3 is 5.97 Å². The number of allylic oxidation sites excluding steroid dienone is 2. The van der Waals surface area contributed by atoms with E-state index in [9.17, 15) is 53.4 Å². The van der Waals surface area contributed by atoms with Crippen LogP contribution in [-0.4, -0.2) is 179 Å². The molecule has 7 N–H and O–H groups in total. The molecule has 0 aromatic heterocycles. The van der Waals surface area contributed by atoms with Crippen molar-refractivity contribution in [2.24, 2.45) is 41.4 Å². The molecule has 0 aliphatic carbocycles. The van der Waals surface area contributed by atoms with Crippen molar-refractivity contribution in [2.45, 2.75) is 210 Å². The Bertz CT molecular complexity index is 1950. The maximum absolute atomic E-state index is 14.5. The highest BCUT2D eigenvalue weighted by atomic mass is 16.4. The molecule has 0 radical (unpaired) electrons. The van der Waals surface area contributed by atoms with Crippen LogP contribution in [0.25, 0.3) is 0 Å². The van der Waals surface area contributed by atoms with Crippen molar-refractivity contribution in [1.29, 1.82) is 0 Å². The van der Waals surface area contributed by atoms with E-state index in [0.29, 0.717) is 18.2 Å². The first-order valence-electron chi connectivity index (χ1n) is 27.4. The van der Waals surface area contributed by atoms with Crippen molar-refractivity contribution >= 4 is 53.2 Å². The zero-order chi connectivity index (χ0) is 59.4. The van der Waals surface area contributed by atoms with Gasteiger partial charge in [-0.3, -0.25) is 38.4 Å². The average Bonchev–Trinajstić information content (AvgIpc) is 3.32. The van der Waals surface area contributed by atoms with E-state index in [1.807, 2.05) is 69.2 Å². The summed E-state index contributed by atoms with van der Waals surface area (Å²) in [4.78, 5) is 130. The van der Waals surface area contributed by atoms with Crippen LogP contribution in [0.1, 0.15) is 149 Å². The lowest BCUT2D eigenvalue weighted by Crippen LogP contribution is -2.61. The van der Waals surface area contributed by atoms with Crippen molar-refractivity contribution in [3.63, 3.8) is 0 Å². The number of aliphatic hydroxyl groups excluding tert-OH is 1. The predicted molar refractivity (Wildman–Crippen MR) is 293 cm³/mol. The summed E-state index contributed by atoms with van der Waals surface area (Å²) in [5, 5.41) is 33.1. The summed E-state index contributed by atoms with van der Waals surface area (Å²) < 4.78 is 8.87. The minimum atomic E-state index is -1.62. The smallest absolute Gasteiger partial charge is 0.329 e. The van der Waals surface area contributed by atoms with Crippen LogP contribution in [0, 0.1) is 41.4 Å². The Hall–Kier alpha value is -5.11. The second-order valence-electron chi connectivity index (χ2n) is 23.1.